The number of nitrogens with one attached hydrogen (secondary N) is 2. The summed E-state index contributed by atoms with van der Waals surface area (Å²) in [5.41, 5.74) is 1.55. The van der Waals surface area contributed by atoms with E-state index in [2.05, 4.69) is 9.71 Å². The molecule has 3 aromatic rings. The van der Waals surface area contributed by atoms with Crippen LogP contribution in [0.5, 0.6) is 5.75 Å². The summed E-state index contributed by atoms with van der Waals surface area (Å²) >= 11 is 6.29. The molecule has 0 bridgehead atoms. The summed E-state index contributed by atoms with van der Waals surface area (Å²) in [6.45, 7) is 2.00. The molecule has 0 fully saturated rings. The molecule has 128 valence electrons. The van der Waals surface area contributed by atoms with Crippen molar-refractivity contribution in [2.75, 3.05) is 5.75 Å². The van der Waals surface area contributed by atoms with Gasteiger partial charge in [-0.3, -0.25) is 0 Å². The van der Waals surface area contributed by atoms with Gasteiger partial charge in [0.25, 0.3) is 0 Å². The van der Waals surface area contributed by atoms with E-state index in [-0.39, 0.29) is 39.6 Å². The Morgan fingerprint density at radius 3 is 2.68 bits per heavy atom. The second kappa shape index (κ2) is 8.75. The van der Waals surface area contributed by atoms with Crippen LogP contribution in [0.4, 0.5) is 0 Å². The van der Waals surface area contributed by atoms with Crippen molar-refractivity contribution in [2.24, 2.45) is 0 Å². The molecular weight excluding hydrogens is 387 g/mol. The van der Waals surface area contributed by atoms with Gasteiger partial charge in [0.2, 0.25) is 0 Å². The van der Waals surface area contributed by atoms with E-state index in [1.807, 2.05) is 37.3 Å². The van der Waals surface area contributed by atoms with Gasteiger partial charge in [0.15, 0.2) is 5.75 Å². The molecule has 0 unspecified atom stereocenters. The van der Waals surface area contributed by atoms with E-state index in [0.29, 0.717) is 5.52 Å². The van der Waals surface area contributed by atoms with Gasteiger partial charge in [-0.2, -0.15) is 8.42 Å². The van der Waals surface area contributed by atoms with E-state index in [0.717, 1.165) is 28.5 Å². The van der Waals surface area contributed by atoms with Gasteiger partial charge in [-0.05, 0) is 18.6 Å². The van der Waals surface area contributed by atoms with Crippen LogP contribution in [-0.2, 0) is 10.3 Å². The number of benzene rings is 2. The summed E-state index contributed by atoms with van der Waals surface area (Å²) in [6, 6.07) is 13.0. The molecule has 0 saturated carbocycles. The summed E-state index contributed by atoms with van der Waals surface area (Å²) in [5.74, 6) is 0.985. The number of thiocarbonyl (C=S) groups is 1. The van der Waals surface area contributed by atoms with Crippen LogP contribution < -0.4 is 8.91 Å². The fraction of sp³-hybridized carbons (Fsp3) is 0.188. The Labute approximate surface area is 178 Å². The Morgan fingerprint density at radius 1 is 1.20 bits per heavy atom. The van der Waals surface area contributed by atoms with Crippen molar-refractivity contribution < 1.29 is 12.6 Å². The first-order valence-electron chi connectivity index (χ1n) is 7.38. The van der Waals surface area contributed by atoms with E-state index >= 15 is 0 Å². The van der Waals surface area contributed by atoms with Crippen LogP contribution in [0, 0.1) is 0 Å². The molecule has 0 radical (unpaired) electrons. The van der Waals surface area contributed by atoms with Gasteiger partial charge in [0, 0.05) is 22.0 Å². The second-order valence-electron chi connectivity index (χ2n) is 5.12. The first-order chi connectivity index (χ1) is 11.5. The fourth-order valence-electron chi connectivity index (χ4n) is 2.38. The van der Waals surface area contributed by atoms with Gasteiger partial charge in [0.1, 0.15) is 4.32 Å². The average Bonchev–Trinajstić information content (AvgIpc) is 2.92. The van der Waals surface area contributed by atoms with Crippen molar-refractivity contribution in [3.8, 4) is 5.75 Å². The molecule has 0 saturated heterocycles. The molecule has 2 aromatic carbocycles. The Kier molecular flexibility index (Phi) is 7.19. The third kappa shape index (κ3) is 4.90. The second-order valence-corrected chi connectivity index (χ2v) is 8.18. The van der Waals surface area contributed by atoms with Crippen LogP contribution in [0.15, 0.2) is 42.5 Å². The van der Waals surface area contributed by atoms with E-state index in [1.54, 1.807) is 12.1 Å². The van der Waals surface area contributed by atoms with E-state index in [9.17, 15) is 8.42 Å². The van der Waals surface area contributed by atoms with E-state index < -0.39 is 10.3 Å². The first kappa shape index (κ1) is 20.5. The molecule has 3 rings (SSSR count). The Balaban J connectivity index is 0.00000225. The van der Waals surface area contributed by atoms with Crippen LogP contribution in [0.25, 0.3) is 21.8 Å². The normalized spacial score (nSPS) is 11.2. The average molecular weight is 405 g/mol. The number of para-hydroxylation sites is 2. The van der Waals surface area contributed by atoms with Crippen molar-refractivity contribution in [2.45, 2.75) is 13.3 Å². The summed E-state index contributed by atoms with van der Waals surface area (Å²) in [6.07, 6.45) is 0.905. The molecule has 0 aliphatic carbocycles. The molecule has 0 aliphatic heterocycles. The molecule has 2 N–H and O–H groups in total. The van der Waals surface area contributed by atoms with E-state index in [1.165, 1.54) is 11.8 Å². The number of thioether (sulfide) groups is 1. The SMILES string of the molecule is CCCSC(=S)NS(=O)(=O)Oc1cccc2c1[nH]c1ccccc12.[NaH]. The molecule has 25 heavy (non-hydrogen) atoms. The Morgan fingerprint density at radius 2 is 1.92 bits per heavy atom. The van der Waals surface area contributed by atoms with E-state index in [4.69, 9.17) is 16.4 Å². The third-order valence-corrected chi connectivity index (χ3v) is 5.89. The minimum absolute atomic E-state index is 0. The minimum atomic E-state index is -4.03. The molecule has 5 nitrogen and oxygen atoms in total. The summed E-state index contributed by atoms with van der Waals surface area (Å²) in [4.78, 5) is 3.20. The quantitative estimate of drug-likeness (QED) is 0.504. The van der Waals surface area contributed by atoms with Crippen molar-refractivity contribution >= 4 is 90.0 Å². The predicted octanol–water partition coefficient (Wildman–Crippen LogP) is 3.31. The summed E-state index contributed by atoms with van der Waals surface area (Å²) in [5, 5.41) is 1.92. The zero-order valence-corrected chi connectivity index (χ0v) is 15.4. The zero-order chi connectivity index (χ0) is 17.2. The van der Waals surface area contributed by atoms with Crippen molar-refractivity contribution in [3.05, 3.63) is 42.5 Å². The topological polar surface area (TPSA) is 71.2 Å². The van der Waals surface area contributed by atoms with Crippen LogP contribution >= 0.6 is 24.0 Å². The van der Waals surface area contributed by atoms with Gasteiger partial charge in [-0.1, -0.05) is 61.2 Å². The number of hydrogen-bond donors (Lipinski definition) is 2. The number of fused-ring (bicyclic) bond motifs is 3. The number of aromatic amines is 1. The number of H-pyrrole nitrogens is 1. The van der Waals surface area contributed by atoms with Crippen LogP contribution in [0.2, 0.25) is 0 Å². The third-order valence-electron chi connectivity index (χ3n) is 3.35. The molecule has 9 heteroatoms. The fourth-order valence-corrected chi connectivity index (χ4v) is 4.49. The van der Waals surface area contributed by atoms with Gasteiger partial charge in [-0.25, -0.2) is 4.72 Å². The number of rotatable bonds is 5. The molecule has 0 amide bonds. The van der Waals surface area contributed by atoms with Gasteiger partial charge in [0.05, 0.1) is 5.52 Å². The van der Waals surface area contributed by atoms with Crippen molar-refractivity contribution in [1.29, 1.82) is 0 Å². The molecular formula is C16H17N2NaO3S3. The van der Waals surface area contributed by atoms with Crippen LogP contribution in [0.3, 0.4) is 0 Å². The molecule has 0 spiro atoms. The first-order valence-corrected chi connectivity index (χ1v) is 10.2. The predicted molar refractivity (Wildman–Crippen MR) is 111 cm³/mol. The summed E-state index contributed by atoms with van der Waals surface area (Å²) < 4.78 is 32.0. The maximum atomic E-state index is 12.2. The molecule has 1 aromatic heterocycles. The zero-order valence-electron chi connectivity index (χ0n) is 12.9. The van der Waals surface area contributed by atoms with Crippen molar-refractivity contribution in [3.63, 3.8) is 0 Å². The van der Waals surface area contributed by atoms with Crippen LogP contribution in [-0.4, -0.2) is 53.0 Å². The standard InChI is InChI=1S/C16H16N2O3S3.Na.H/c1-2-10-23-16(22)18-24(19,20)21-14-9-5-7-12-11-6-3-4-8-13(11)17-15(12)14;;/h3-9,17H,2,10H2,1H3,(H,18,22);;. The number of hydrogen-bond acceptors (Lipinski definition) is 5. The Hall–Kier alpha value is -0.770. The van der Waals surface area contributed by atoms with Gasteiger partial charge >= 0.3 is 39.9 Å². The van der Waals surface area contributed by atoms with Crippen LogP contribution in [0.1, 0.15) is 13.3 Å². The molecule has 0 aliphatic rings. The Bertz CT molecular complexity index is 1000. The maximum absolute atomic E-state index is 12.2. The van der Waals surface area contributed by atoms with Crippen molar-refractivity contribution in [1.82, 2.24) is 9.71 Å². The number of aromatic nitrogens is 1. The molecule has 1 heterocycles. The molecule has 0 atom stereocenters. The van der Waals surface area contributed by atoms with Gasteiger partial charge in [-0.15, -0.1) is 0 Å². The summed E-state index contributed by atoms with van der Waals surface area (Å²) in [7, 11) is -4.03. The van der Waals surface area contributed by atoms with Gasteiger partial charge < -0.3 is 9.17 Å². The monoisotopic (exact) mass is 404 g/mol.